The highest BCUT2D eigenvalue weighted by Crippen LogP contribution is 2.32. The van der Waals surface area contributed by atoms with Crippen LogP contribution in [0.2, 0.25) is 0 Å². The van der Waals surface area contributed by atoms with Gasteiger partial charge in [0.15, 0.2) is 12.1 Å². The molecule has 1 fully saturated rings. The molecular weight excluding hydrogens is 448 g/mol. The minimum Gasteiger partial charge on any atom is -0.313 e. The van der Waals surface area contributed by atoms with E-state index in [1.54, 1.807) is 20.2 Å². The number of aldehydes is 1. The van der Waals surface area contributed by atoms with Crippen molar-refractivity contribution in [3.05, 3.63) is 77.4 Å². The second-order valence-electron chi connectivity index (χ2n) is 8.53. The van der Waals surface area contributed by atoms with E-state index in [9.17, 15) is 9.18 Å². The van der Waals surface area contributed by atoms with E-state index in [0.717, 1.165) is 54.5 Å². The number of carbonyl (C=O) groups is 1. The summed E-state index contributed by atoms with van der Waals surface area (Å²) in [6, 6.07) is 15.0. The Bertz CT molecular complexity index is 1170. The summed E-state index contributed by atoms with van der Waals surface area (Å²) in [5.41, 5.74) is 9.39. The van der Waals surface area contributed by atoms with Crippen molar-refractivity contribution in [3.63, 3.8) is 0 Å². The van der Waals surface area contributed by atoms with E-state index >= 15 is 0 Å². The molecule has 2 N–H and O–H groups in total. The highest BCUT2D eigenvalue weighted by molar-refractivity contribution is 7.55. The van der Waals surface area contributed by atoms with Gasteiger partial charge in [0.1, 0.15) is 11.5 Å². The second kappa shape index (κ2) is 11.0. The van der Waals surface area contributed by atoms with Crippen LogP contribution < -0.4 is 21.5 Å². The van der Waals surface area contributed by atoms with Crippen LogP contribution in [0, 0.1) is 5.82 Å². The molecular formula is C26H31FN5OP. The Morgan fingerprint density at radius 3 is 2.62 bits per heavy atom. The normalized spacial score (nSPS) is 17.4. The fourth-order valence-electron chi connectivity index (χ4n) is 4.62. The lowest BCUT2D eigenvalue weighted by Gasteiger charge is -2.29. The minimum atomic E-state index is -0.183. The number of hydrogen-bond donors (Lipinski definition) is 2. The molecule has 1 aromatic heterocycles. The fraction of sp³-hybridized carbons (Fsp3) is 0.308. The number of nitrogens with one attached hydrogen (secondary N) is 2. The van der Waals surface area contributed by atoms with Gasteiger partial charge in [-0.15, -0.1) is 0 Å². The van der Waals surface area contributed by atoms with Crippen LogP contribution in [0.5, 0.6) is 0 Å². The maximum Gasteiger partial charge on any atom is 0.160 e. The highest BCUT2D eigenvalue weighted by Gasteiger charge is 2.28. The van der Waals surface area contributed by atoms with Gasteiger partial charge in [0, 0.05) is 43.4 Å². The third kappa shape index (κ3) is 5.12. The zero-order chi connectivity index (χ0) is 24.1. The molecule has 178 valence electrons. The summed E-state index contributed by atoms with van der Waals surface area (Å²) >= 11 is 0. The number of piperidine rings is 1. The minimum absolute atomic E-state index is 0.183. The van der Waals surface area contributed by atoms with Gasteiger partial charge in [-0.05, 0) is 61.4 Å². The number of aromatic nitrogens is 1. The average molecular weight is 480 g/mol. The largest absolute Gasteiger partial charge is 0.313 e. The van der Waals surface area contributed by atoms with Crippen LogP contribution in [0.4, 0.5) is 4.39 Å². The van der Waals surface area contributed by atoms with Crippen molar-refractivity contribution in [2.45, 2.75) is 18.8 Å². The van der Waals surface area contributed by atoms with Crippen LogP contribution in [-0.4, -0.2) is 55.8 Å². The van der Waals surface area contributed by atoms with Crippen molar-refractivity contribution in [1.82, 2.24) is 20.3 Å². The van der Waals surface area contributed by atoms with E-state index in [-0.39, 0.29) is 20.3 Å². The molecule has 1 aliphatic heterocycles. The number of amidine groups is 1. The third-order valence-electron chi connectivity index (χ3n) is 6.25. The molecule has 2 heterocycles. The summed E-state index contributed by atoms with van der Waals surface area (Å²) in [4.78, 5) is 19.1. The molecule has 8 heteroatoms. The van der Waals surface area contributed by atoms with E-state index in [1.165, 1.54) is 6.07 Å². The number of carbonyl (C=O) groups excluding carboxylic acids is 1. The molecule has 0 aliphatic carbocycles. The molecule has 34 heavy (non-hydrogen) atoms. The van der Waals surface area contributed by atoms with Gasteiger partial charge in [-0.1, -0.05) is 38.9 Å². The van der Waals surface area contributed by atoms with Crippen LogP contribution in [0.25, 0.3) is 5.69 Å². The molecule has 1 saturated heterocycles. The summed E-state index contributed by atoms with van der Waals surface area (Å²) in [7, 11) is 5.84. The first-order chi connectivity index (χ1) is 16.5. The number of rotatable bonds is 7. The topological polar surface area (TPSA) is 61.7 Å². The quantitative estimate of drug-likeness (QED) is 0.180. The first kappa shape index (κ1) is 24.3. The SMILES string of the molecule is CN=C(NNC)c1c(C=O)c(C2CCCN(C)C2)cn1-c1ccc(Pc2ccccc2F)cc1. The molecule has 2 aromatic carbocycles. The predicted molar refractivity (Wildman–Crippen MR) is 139 cm³/mol. The number of likely N-dealkylation sites (tertiary alicyclic amines) is 1. The van der Waals surface area contributed by atoms with Gasteiger partial charge < -0.3 is 14.9 Å². The van der Waals surface area contributed by atoms with Crippen LogP contribution in [-0.2, 0) is 0 Å². The predicted octanol–water partition coefficient (Wildman–Crippen LogP) is 2.97. The Hall–Kier alpha value is -2.86. The summed E-state index contributed by atoms with van der Waals surface area (Å²) in [5.74, 6) is 0.697. The van der Waals surface area contributed by atoms with Crippen LogP contribution in [0.3, 0.4) is 0 Å². The molecule has 6 nitrogen and oxygen atoms in total. The van der Waals surface area contributed by atoms with Gasteiger partial charge in [-0.3, -0.25) is 9.79 Å². The lowest BCUT2D eigenvalue weighted by Crippen LogP contribution is -2.36. The fourth-order valence-corrected chi connectivity index (χ4v) is 5.64. The Kier molecular flexibility index (Phi) is 7.88. The Morgan fingerprint density at radius 2 is 1.97 bits per heavy atom. The van der Waals surface area contributed by atoms with Crippen molar-refractivity contribution >= 4 is 31.3 Å². The van der Waals surface area contributed by atoms with Crippen molar-refractivity contribution < 1.29 is 9.18 Å². The smallest absolute Gasteiger partial charge is 0.160 e. The number of halogens is 1. The number of likely N-dealkylation sites (N-methyl/N-ethyl adjacent to an activating group) is 1. The highest BCUT2D eigenvalue weighted by atomic mass is 31.1. The van der Waals surface area contributed by atoms with E-state index in [0.29, 0.717) is 16.7 Å². The maximum absolute atomic E-state index is 14.1. The van der Waals surface area contributed by atoms with Crippen molar-refractivity contribution in [2.24, 2.45) is 4.99 Å². The first-order valence-corrected chi connectivity index (χ1v) is 12.5. The van der Waals surface area contributed by atoms with Gasteiger partial charge in [-0.25, -0.2) is 9.82 Å². The average Bonchev–Trinajstić information content (AvgIpc) is 3.24. The van der Waals surface area contributed by atoms with Crippen LogP contribution in [0.1, 0.15) is 40.4 Å². The lowest BCUT2D eigenvalue weighted by molar-refractivity contribution is 0.112. The molecule has 0 saturated carbocycles. The van der Waals surface area contributed by atoms with Crippen molar-refractivity contribution in [1.29, 1.82) is 0 Å². The van der Waals surface area contributed by atoms with E-state index in [4.69, 9.17) is 0 Å². The summed E-state index contributed by atoms with van der Waals surface area (Å²) in [6.07, 6.45) is 5.19. The second-order valence-corrected chi connectivity index (χ2v) is 9.90. The summed E-state index contributed by atoms with van der Waals surface area (Å²) in [5, 5.41) is 1.74. The Balaban J connectivity index is 1.75. The lowest BCUT2D eigenvalue weighted by atomic mass is 9.90. The molecule has 2 unspecified atom stereocenters. The Labute approximate surface area is 202 Å². The molecule has 3 aromatic rings. The molecule has 0 spiro atoms. The zero-order valence-corrected chi connectivity index (χ0v) is 20.8. The third-order valence-corrected chi connectivity index (χ3v) is 7.54. The standard InChI is InChI=1S/C26H31FN5OP/c1-28-26(30-29-2)25-22(17-33)21(18-7-6-14-31(3)15-18)16-32(25)19-10-12-20(13-11-19)34-24-9-5-4-8-23(24)27/h4-5,8-13,16-18,29,34H,6-7,14-15H2,1-3H3,(H,28,30). The summed E-state index contributed by atoms with van der Waals surface area (Å²) in [6.45, 7) is 2.00. The van der Waals surface area contributed by atoms with Gasteiger partial charge >= 0.3 is 0 Å². The zero-order valence-electron chi connectivity index (χ0n) is 19.8. The van der Waals surface area contributed by atoms with Crippen molar-refractivity contribution in [3.8, 4) is 5.69 Å². The van der Waals surface area contributed by atoms with Gasteiger partial charge in [0.05, 0.1) is 0 Å². The van der Waals surface area contributed by atoms with Crippen molar-refractivity contribution in [2.75, 3.05) is 34.2 Å². The first-order valence-electron chi connectivity index (χ1n) is 11.5. The van der Waals surface area contributed by atoms with Crippen LogP contribution >= 0.6 is 8.58 Å². The van der Waals surface area contributed by atoms with Gasteiger partial charge in [0.25, 0.3) is 0 Å². The van der Waals surface area contributed by atoms with Crippen LogP contribution in [0.15, 0.2) is 59.7 Å². The number of benzene rings is 2. The van der Waals surface area contributed by atoms with E-state index in [1.807, 2.05) is 41.0 Å². The van der Waals surface area contributed by atoms with E-state index in [2.05, 4.69) is 34.0 Å². The molecule has 4 rings (SSSR count). The van der Waals surface area contributed by atoms with E-state index < -0.39 is 0 Å². The number of nitrogens with zero attached hydrogens (tertiary/aromatic N) is 3. The molecule has 0 amide bonds. The van der Waals surface area contributed by atoms with Gasteiger partial charge in [0.2, 0.25) is 0 Å². The Morgan fingerprint density at radius 1 is 1.21 bits per heavy atom. The molecule has 1 aliphatic rings. The van der Waals surface area contributed by atoms with Gasteiger partial charge in [-0.2, -0.15) is 0 Å². The molecule has 0 radical (unpaired) electrons. The number of hydrogen-bond acceptors (Lipinski definition) is 4. The molecule has 2 atom stereocenters. The maximum atomic E-state index is 14.1. The monoisotopic (exact) mass is 479 g/mol. The molecule has 0 bridgehead atoms. The summed E-state index contributed by atoms with van der Waals surface area (Å²) < 4.78 is 16.1. The number of aliphatic imine (C=N–C) groups is 1. The number of hydrazine groups is 1.